The van der Waals surface area contributed by atoms with Crippen LogP contribution in [0.15, 0.2) is 78.9 Å². The van der Waals surface area contributed by atoms with E-state index in [2.05, 4.69) is 10.4 Å². The van der Waals surface area contributed by atoms with Gasteiger partial charge in [0.25, 0.3) is 0 Å². The zero-order valence-corrected chi connectivity index (χ0v) is 16.5. The second kappa shape index (κ2) is 7.71. The van der Waals surface area contributed by atoms with Crippen LogP contribution < -0.4 is 5.32 Å². The Morgan fingerprint density at radius 2 is 1.30 bits per heavy atom. The number of halogens is 3. The van der Waals surface area contributed by atoms with Crippen molar-refractivity contribution in [3.63, 3.8) is 0 Å². The second-order valence-electron chi connectivity index (χ2n) is 7.06. The summed E-state index contributed by atoms with van der Waals surface area (Å²) in [6.07, 6.45) is -4.52. The molecule has 0 saturated carbocycles. The fourth-order valence-corrected chi connectivity index (χ4v) is 3.27. The molecule has 3 nitrogen and oxygen atoms in total. The van der Waals surface area contributed by atoms with E-state index in [-0.39, 0.29) is 0 Å². The van der Waals surface area contributed by atoms with Gasteiger partial charge < -0.3 is 5.32 Å². The molecule has 0 aliphatic rings. The molecule has 0 bridgehead atoms. The highest BCUT2D eigenvalue weighted by Gasteiger charge is 2.35. The molecule has 4 aromatic rings. The zero-order chi connectivity index (χ0) is 21.3. The van der Waals surface area contributed by atoms with Gasteiger partial charge in [0.15, 0.2) is 5.69 Å². The Hall–Kier alpha value is -3.54. The van der Waals surface area contributed by atoms with Crippen molar-refractivity contribution in [1.29, 1.82) is 0 Å². The third kappa shape index (κ3) is 3.94. The lowest BCUT2D eigenvalue weighted by molar-refractivity contribution is -0.141. The van der Waals surface area contributed by atoms with Crippen LogP contribution in [0.2, 0.25) is 0 Å². The Morgan fingerprint density at radius 1 is 0.767 bits per heavy atom. The van der Waals surface area contributed by atoms with E-state index in [1.807, 2.05) is 55.5 Å². The molecule has 0 spiro atoms. The molecular weight excluding hydrogens is 387 g/mol. The fourth-order valence-electron chi connectivity index (χ4n) is 3.27. The summed E-state index contributed by atoms with van der Waals surface area (Å²) in [5, 5.41) is 6.84. The zero-order valence-electron chi connectivity index (χ0n) is 16.5. The van der Waals surface area contributed by atoms with Gasteiger partial charge in [-0.15, -0.1) is 0 Å². The number of benzene rings is 3. The van der Waals surface area contributed by atoms with Crippen LogP contribution in [-0.4, -0.2) is 16.8 Å². The van der Waals surface area contributed by atoms with Gasteiger partial charge in [-0.2, -0.15) is 18.3 Å². The number of hydrogen-bond acceptors (Lipinski definition) is 2. The van der Waals surface area contributed by atoms with Gasteiger partial charge in [-0.05, 0) is 48.4 Å². The molecule has 3 aromatic carbocycles. The Morgan fingerprint density at radius 3 is 1.83 bits per heavy atom. The summed E-state index contributed by atoms with van der Waals surface area (Å²) < 4.78 is 41.4. The molecule has 152 valence electrons. The van der Waals surface area contributed by atoms with Crippen LogP contribution >= 0.6 is 0 Å². The van der Waals surface area contributed by atoms with E-state index in [4.69, 9.17) is 0 Å². The van der Waals surface area contributed by atoms with Crippen LogP contribution in [0.1, 0.15) is 11.3 Å². The number of rotatable bonds is 4. The standard InChI is InChI=1S/C24H20F3N3/c1-16-3-5-17(6-4-16)18-7-9-19(10-8-18)22-15-23(24(25,26)27)29-30(22)21-13-11-20(28-2)12-14-21/h3-15,28H,1-2H3. The number of anilines is 1. The maximum absolute atomic E-state index is 13.4. The maximum Gasteiger partial charge on any atom is 0.435 e. The highest BCUT2D eigenvalue weighted by Crippen LogP contribution is 2.34. The van der Waals surface area contributed by atoms with Crippen molar-refractivity contribution in [2.45, 2.75) is 13.1 Å². The van der Waals surface area contributed by atoms with Crippen molar-refractivity contribution in [2.24, 2.45) is 0 Å². The van der Waals surface area contributed by atoms with Crippen LogP contribution in [0.3, 0.4) is 0 Å². The number of nitrogens with zero attached hydrogens (tertiary/aromatic N) is 2. The summed E-state index contributed by atoms with van der Waals surface area (Å²) in [5.74, 6) is 0. The molecule has 1 aromatic heterocycles. The van der Waals surface area contributed by atoms with E-state index in [0.29, 0.717) is 16.9 Å². The van der Waals surface area contributed by atoms with Gasteiger partial charge in [-0.1, -0.05) is 54.1 Å². The van der Waals surface area contributed by atoms with E-state index in [0.717, 1.165) is 22.9 Å². The molecule has 0 fully saturated rings. The summed E-state index contributed by atoms with van der Waals surface area (Å²) in [5.41, 5.74) is 4.77. The monoisotopic (exact) mass is 407 g/mol. The first-order valence-corrected chi connectivity index (χ1v) is 9.48. The first-order chi connectivity index (χ1) is 14.3. The number of alkyl halides is 3. The highest BCUT2D eigenvalue weighted by atomic mass is 19.4. The van der Waals surface area contributed by atoms with Crippen LogP contribution in [0.5, 0.6) is 0 Å². The first kappa shape index (κ1) is 19.8. The van der Waals surface area contributed by atoms with Crippen LogP contribution in [0.4, 0.5) is 18.9 Å². The van der Waals surface area contributed by atoms with Gasteiger partial charge in [0.2, 0.25) is 0 Å². The fraction of sp³-hybridized carbons (Fsp3) is 0.125. The number of hydrogen-bond donors (Lipinski definition) is 1. The Balaban J connectivity index is 1.77. The van der Waals surface area contributed by atoms with E-state index in [1.54, 1.807) is 31.3 Å². The first-order valence-electron chi connectivity index (χ1n) is 9.48. The molecule has 0 amide bonds. The number of aryl methyl sites for hydroxylation is 1. The van der Waals surface area contributed by atoms with Crippen molar-refractivity contribution in [3.05, 3.63) is 90.1 Å². The quantitative estimate of drug-likeness (QED) is 0.414. The van der Waals surface area contributed by atoms with Crippen LogP contribution in [0.25, 0.3) is 28.1 Å². The topological polar surface area (TPSA) is 29.9 Å². The van der Waals surface area contributed by atoms with Gasteiger partial charge in [-0.3, -0.25) is 0 Å². The van der Waals surface area contributed by atoms with Gasteiger partial charge in [-0.25, -0.2) is 4.68 Å². The minimum atomic E-state index is -4.52. The average Bonchev–Trinajstić information content (AvgIpc) is 3.21. The third-order valence-electron chi connectivity index (χ3n) is 4.97. The molecule has 30 heavy (non-hydrogen) atoms. The van der Waals surface area contributed by atoms with Crippen LogP contribution in [-0.2, 0) is 6.18 Å². The largest absolute Gasteiger partial charge is 0.435 e. The molecule has 0 saturated heterocycles. The molecule has 1 heterocycles. The van der Waals surface area contributed by atoms with Crippen molar-refractivity contribution < 1.29 is 13.2 Å². The predicted octanol–water partition coefficient (Wildman–Crippen LogP) is 6.58. The lowest BCUT2D eigenvalue weighted by Crippen LogP contribution is -2.07. The molecule has 0 aliphatic heterocycles. The average molecular weight is 407 g/mol. The van der Waals surface area contributed by atoms with Crippen molar-refractivity contribution in [2.75, 3.05) is 12.4 Å². The molecule has 0 unspecified atom stereocenters. The smallest absolute Gasteiger partial charge is 0.388 e. The summed E-state index contributed by atoms with van der Waals surface area (Å²) in [7, 11) is 1.78. The molecule has 0 radical (unpaired) electrons. The Labute approximate surface area is 172 Å². The van der Waals surface area contributed by atoms with Gasteiger partial charge in [0.1, 0.15) is 0 Å². The van der Waals surface area contributed by atoms with Crippen molar-refractivity contribution >= 4 is 5.69 Å². The summed E-state index contributed by atoms with van der Waals surface area (Å²) in [4.78, 5) is 0. The Bertz CT molecular complexity index is 1140. The molecule has 1 N–H and O–H groups in total. The van der Waals surface area contributed by atoms with E-state index in [1.165, 1.54) is 10.2 Å². The summed E-state index contributed by atoms with van der Waals surface area (Å²) >= 11 is 0. The molecular formula is C24H20F3N3. The van der Waals surface area contributed by atoms with E-state index >= 15 is 0 Å². The predicted molar refractivity (Wildman–Crippen MR) is 114 cm³/mol. The molecule has 4 rings (SSSR count). The normalized spacial score (nSPS) is 11.5. The van der Waals surface area contributed by atoms with Gasteiger partial charge in [0.05, 0.1) is 11.4 Å². The summed E-state index contributed by atoms with van der Waals surface area (Å²) in [6, 6.07) is 23.8. The SMILES string of the molecule is CNc1ccc(-n2nc(C(F)(F)F)cc2-c2ccc(-c3ccc(C)cc3)cc2)cc1. The minimum Gasteiger partial charge on any atom is -0.388 e. The van der Waals surface area contributed by atoms with Gasteiger partial charge >= 0.3 is 6.18 Å². The third-order valence-corrected chi connectivity index (χ3v) is 4.97. The second-order valence-corrected chi connectivity index (χ2v) is 7.06. The van der Waals surface area contributed by atoms with Gasteiger partial charge in [0, 0.05) is 18.3 Å². The number of aromatic nitrogens is 2. The lowest BCUT2D eigenvalue weighted by atomic mass is 10.0. The lowest BCUT2D eigenvalue weighted by Gasteiger charge is -2.10. The highest BCUT2D eigenvalue weighted by molar-refractivity contribution is 5.70. The minimum absolute atomic E-state index is 0.384. The molecule has 6 heteroatoms. The van der Waals surface area contributed by atoms with Crippen LogP contribution in [0, 0.1) is 6.92 Å². The number of nitrogens with one attached hydrogen (secondary N) is 1. The van der Waals surface area contributed by atoms with E-state index in [9.17, 15) is 13.2 Å². The maximum atomic E-state index is 13.4. The van der Waals surface area contributed by atoms with Crippen molar-refractivity contribution in [1.82, 2.24) is 9.78 Å². The molecule has 0 aliphatic carbocycles. The molecule has 0 atom stereocenters. The van der Waals surface area contributed by atoms with Crippen molar-refractivity contribution in [3.8, 4) is 28.1 Å². The summed E-state index contributed by atoms with van der Waals surface area (Å²) in [6.45, 7) is 2.02. The Kier molecular flexibility index (Phi) is 5.08. The van der Waals surface area contributed by atoms with E-state index < -0.39 is 11.9 Å².